The van der Waals surface area contributed by atoms with Gasteiger partial charge in [0.25, 0.3) is 11.8 Å². The molecular weight excluding hydrogens is 450 g/mol. The molecule has 2 amide bonds. The lowest BCUT2D eigenvalue weighted by molar-refractivity contribution is 0.0954. The monoisotopic (exact) mass is 485 g/mol. The minimum atomic E-state index is -0.310. The molecule has 0 spiro atoms. The second-order valence-corrected chi connectivity index (χ2v) is 10.2. The van der Waals surface area contributed by atoms with Gasteiger partial charge in [-0.05, 0) is 49.4 Å². The number of hydrogen-bond donors (Lipinski definition) is 2. The first-order valence-corrected chi connectivity index (χ1v) is 13.0. The van der Waals surface area contributed by atoms with Gasteiger partial charge < -0.3 is 20.3 Å². The third kappa shape index (κ3) is 5.95. The Morgan fingerprint density at radius 2 is 2.06 bits per heavy atom. The molecule has 34 heavy (non-hydrogen) atoms. The molecule has 9 heteroatoms. The number of amides is 2. The Hall–Kier alpha value is -2.49. The van der Waals surface area contributed by atoms with Crippen molar-refractivity contribution in [3.05, 3.63) is 40.4 Å². The molecule has 2 fully saturated rings. The zero-order chi connectivity index (χ0) is 24.1. The highest BCUT2D eigenvalue weighted by Crippen LogP contribution is 2.27. The maximum absolute atomic E-state index is 13.0. The van der Waals surface area contributed by atoms with Crippen molar-refractivity contribution >= 4 is 34.0 Å². The van der Waals surface area contributed by atoms with Crippen molar-refractivity contribution in [2.24, 2.45) is 5.92 Å². The van der Waals surface area contributed by atoms with Crippen LogP contribution in [0, 0.1) is 5.92 Å². The van der Waals surface area contributed by atoms with Crippen LogP contribution in [0.2, 0.25) is 0 Å². The Kier molecular flexibility index (Phi) is 8.18. The minimum absolute atomic E-state index is 0.171. The lowest BCUT2D eigenvalue weighted by atomic mass is 10.1. The summed E-state index contributed by atoms with van der Waals surface area (Å²) in [5.41, 5.74) is 2.43. The van der Waals surface area contributed by atoms with Crippen molar-refractivity contribution in [3.63, 3.8) is 0 Å². The van der Waals surface area contributed by atoms with Gasteiger partial charge in [0.05, 0.1) is 17.4 Å². The average molecular weight is 486 g/mol. The van der Waals surface area contributed by atoms with E-state index in [9.17, 15) is 9.59 Å². The van der Waals surface area contributed by atoms with Crippen LogP contribution >= 0.6 is 11.3 Å². The van der Waals surface area contributed by atoms with Crippen molar-refractivity contribution in [1.29, 1.82) is 0 Å². The maximum atomic E-state index is 13.0. The number of ether oxygens (including phenoxy) is 1. The number of rotatable bonds is 9. The molecule has 0 radical (unpaired) electrons. The Bertz CT molecular complexity index is 1010. The van der Waals surface area contributed by atoms with Crippen LogP contribution in [-0.4, -0.2) is 67.6 Å². The molecule has 2 atom stereocenters. The standard InChI is InChI=1S/C25H35N5O3S/c1-4-9-26-23(31)20-12-18(14-29-10-7-17(2)13-29)5-6-21(20)27-24(32)22-16-34-25(28-22)30-11-8-19(15-30)33-3/h5-6,12,16-17,19H,4,7-11,13-15H2,1-3H3,(H,26,31)(H,27,32)/t17-,19+/m1/s1. The third-order valence-corrected chi connectivity index (χ3v) is 7.40. The summed E-state index contributed by atoms with van der Waals surface area (Å²) in [7, 11) is 1.72. The zero-order valence-electron chi connectivity index (χ0n) is 20.3. The molecule has 0 saturated carbocycles. The van der Waals surface area contributed by atoms with E-state index in [0.29, 0.717) is 29.4 Å². The van der Waals surface area contributed by atoms with Crippen LogP contribution in [0.15, 0.2) is 23.6 Å². The lowest BCUT2D eigenvalue weighted by Crippen LogP contribution is -2.27. The number of aromatic nitrogens is 1. The van der Waals surface area contributed by atoms with Crippen molar-refractivity contribution in [3.8, 4) is 0 Å². The van der Waals surface area contributed by atoms with Gasteiger partial charge in [0, 0.05) is 45.2 Å². The van der Waals surface area contributed by atoms with E-state index in [1.807, 2.05) is 25.1 Å². The number of benzene rings is 1. The van der Waals surface area contributed by atoms with Crippen LogP contribution in [-0.2, 0) is 11.3 Å². The van der Waals surface area contributed by atoms with E-state index in [2.05, 4.69) is 32.3 Å². The lowest BCUT2D eigenvalue weighted by Gasteiger charge is -2.17. The van der Waals surface area contributed by atoms with Gasteiger partial charge in [0.15, 0.2) is 5.13 Å². The third-order valence-electron chi connectivity index (χ3n) is 6.50. The van der Waals surface area contributed by atoms with Gasteiger partial charge >= 0.3 is 0 Å². The summed E-state index contributed by atoms with van der Waals surface area (Å²) in [4.78, 5) is 35.0. The Morgan fingerprint density at radius 3 is 2.76 bits per heavy atom. The van der Waals surface area contributed by atoms with E-state index in [4.69, 9.17) is 4.74 Å². The number of likely N-dealkylation sites (tertiary alicyclic amines) is 1. The number of hydrogen-bond acceptors (Lipinski definition) is 7. The molecule has 1 aromatic heterocycles. The maximum Gasteiger partial charge on any atom is 0.275 e. The predicted octanol–water partition coefficient (Wildman–Crippen LogP) is 3.60. The first-order chi connectivity index (χ1) is 16.5. The second kappa shape index (κ2) is 11.3. The quantitative estimate of drug-likeness (QED) is 0.564. The van der Waals surface area contributed by atoms with Gasteiger partial charge in [0.1, 0.15) is 5.69 Å². The van der Waals surface area contributed by atoms with Gasteiger partial charge in [-0.2, -0.15) is 0 Å². The van der Waals surface area contributed by atoms with Crippen LogP contribution in [0.3, 0.4) is 0 Å². The number of methoxy groups -OCH3 is 1. The van der Waals surface area contributed by atoms with Crippen molar-refractivity contribution < 1.29 is 14.3 Å². The topological polar surface area (TPSA) is 86.8 Å². The van der Waals surface area contributed by atoms with E-state index >= 15 is 0 Å². The molecule has 2 saturated heterocycles. The van der Waals surface area contributed by atoms with E-state index in [1.54, 1.807) is 12.5 Å². The normalized spacial score (nSPS) is 20.6. The predicted molar refractivity (Wildman–Crippen MR) is 136 cm³/mol. The summed E-state index contributed by atoms with van der Waals surface area (Å²) < 4.78 is 5.43. The fourth-order valence-electron chi connectivity index (χ4n) is 4.54. The molecule has 0 unspecified atom stereocenters. The number of carbonyl (C=O) groups excluding carboxylic acids is 2. The van der Waals surface area contributed by atoms with E-state index < -0.39 is 0 Å². The van der Waals surface area contributed by atoms with Crippen LogP contribution in [0.4, 0.5) is 10.8 Å². The SMILES string of the molecule is CCCNC(=O)c1cc(CN2CC[C@@H](C)C2)ccc1NC(=O)c1csc(N2CC[C@H](OC)C2)n1. The number of nitrogens with zero attached hydrogens (tertiary/aromatic N) is 3. The number of nitrogens with one attached hydrogen (secondary N) is 2. The Balaban J connectivity index is 1.48. The number of anilines is 2. The average Bonchev–Trinajstić information content (AvgIpc) is 3.59. The molecule has 3 heterocycles. The van der Waals surface area contributed by atoms with Crippen LogP contribution in [0.25, 0.3) is 0 Å². The summed E-state index contributed by atoms with van der Waals surface area (Å²) in [5.74, 6) is 0.223. The van der Waals surface area contributed by atoms with Gasteiger partial charge in [0.2, 0.25) is 0 Å². The van der Waals surface area contributed by atoms with Crippen LogP contribution in [0.5, 0.6) is 0 Å². The molecule has 2 aliphatic heterocycles. The summed E-state index contributed by atoms with van der Waals surface area (Å²) in [6.45, 7) is 9.48. The van der Waals surface area contributed by atoms with Gasteiger partial charge in [-0.3, -0.25) is 14.5 Å². The van der Waals surface area contributed by atoms with Crippen LogP contribution in [0.1, 0.15) is 59.5 Å². The minimum Gasteiger partial charge on any atom is -0.380 e. The molecule has 2 aliphatic rings. The molecular formula is C25H35N5O3S. The van der Waals surface area contributed by atoms with E-state index in [1.165, 1.54) is 17.8 Å². The molecule has 1 aromatic carbocycles. The van der Waals surface area contributed by atoms with Crippen molar-refractivity contribution in [2.75, 3.05) is 50.1 Å². The first kappa shape index (κ1) is 24.6. The second-order valence-electron chi connectivity index (χ2n) is 9.33. The Labute approximate surface area is 205 Å². The molecule has 8 nitrogen and oxygen atoms in total. The molecule has 4 rings (SSSR count). The summed E-state index contributed by atoms with van der Waals surface area (Å²) in [5, 5.41) is 8.46. The highest BCUT2D eigenvalue weighted by molar-refractivity contribution is 7.14. The van der Waals surface area contributed by atoms with Gasteiger partial charge in [-0.15, -0.1) is 11.3 Å². The fraction of sp³-hybridized carbons (Fsp3) is 0.560. The van der Waals surface area contributed by atoms with Gasteiger partial charge in [-0.1, -0.05) is 19.9 Å². The summed E-state index contributed by atoms with van der Waals surface area (Å²) in [6, 6.07) is 5.74. The summed E-state index contributed by atoms with van der Waals surface area (Å²) in [6.07, 6.45) is 3.21. The zero-order valence-corrected chi connectivity index (χ0v) is 21.1. The molecule has 2 N–H and O–H groups in total. The van der Waals surface area contributed by atoms with E-state index in [-0.39, 0.29) is 17.9 Å². The smallest absolute Gasteiger partial charge is 0.275 e. The summed E-state index contributed by atoms with van der Waals surface area (Å²) >= 11 is 1.45. The first-order valence-electron chi connectivity index (χ1n) is 12.1. The molecule has 2 aromatic rings. The van der Waals surface area contributed by atoms with Crippen molar-refractivity contribution in [1.82, 2.24) is 15.2 Å². The molecule has 0 aliphatic carbocycles. The Morgan fingerprint density at radius 1 is 1.21 bits per heavy atom. The highest BCUT2D eigenvalue weighted by atomic mass is 32.1. The van der Waals surface area contributed by atoms with Crippen molar-refractivity contribution in [2.45, 2.75) is 45.8 Å². The molecule has 0 bridgehead atoms. The number of thiazole rings is 1. The largest absolute Gasteiger partial charge is 0.380 e. The fourth-order valence-corrected chi connectivity index (χ4v) is 5.39. The molecule has 184 valence electrons. The highest BCUT2D eigenvalue weighted by Gasteiger charge is 2.26. The van der Waals surface area contributed by atoms with E-state index in [0.717, 1.165) is 56.3 Å². The van der Waals surface area contributed by atoms with Gasteiger partial charge in [-0.25, -0.2) is 4.98 Å². The number of carbonyl (C=O) groups is 2. The van der Waals surface area contributed by atoms with Crippen LogP contribution < -0.4 is 15.5 Å².